The number of hydrogen-bond acceptors (Lipinski definition) is 3. The van der Waals surface area contributed by atoms with E-state index >= 15 is 0 Å². The molecular weight excluding hydrogens is 288 g/mol. The molecule has 1 rings (SSSR count). The second-order valence-corrected chi connectivity index (χ2v) is 4.41. The van der Waals surface area contributed by atoms with E-state index in [0.29, 0.717) is 12.2 Å². The molecule has 0 aliphatic carbocycles. The first kappa shape index (κ1) is 13.6. The number of rotatable bonds is 5. The lowest BCUT2D eigenvalue weighted by molar-refractivity contribution is -0.137. The molecule has 2 N–H and O–H groups in total. The third kappa shape index (κ3) is 4.95. The Morgan fingerprint density at radius 1 is 1.41 bits per heavy atom. The minimum atomic E-state index is -0.893. The molecule has 0 fully saturated rings. The fourth-order valence-electron chi connectivity index (χ4n) is 1.22. The van der Waals surface area contributed by atoms with Gasteiger partial charge in [-0.05, 0) is 41.4 Å². The molecule has 0 saturated heterocycles. The van der Waals surface area contributed by atoms with Crippen molar-refractivity contribution in [1.29, 1.82) is 0 Å². The number of carbonyl (C=O) groups is 2. The van der Waals surface area contributed by atoms with Crippen LogP contribution in [0.3, 0.4) is 0 Å². The molecule has 0 unspecified atom stereocenters. The molecule has 0 aromatic carbocycles. The summed E-state index contributed by atoms with van der Waals surface area (Å²) in [4.78, 5) is 25.9. The van der Waals surface area contributed by atoms with Crippen molar-refractivity contribution < 1.29 is 14.7 Å². The van der Waals surface area contributed by atoms with Crippen LogP contribution in [0.5, 0.6) is 0 Å². The Morgan fingerprint density at radius 3 is 2.71 bits per heavy atom. The van der Waals surface area contributed by atoms with Crippen LogP contribution in [-0.4, -0.2) is 22.0 Å². The number of nitrogens with zero attached hydrogens (tertiary/aromatic N) is 1. The Labute approximate surface area is 107 Å². The van der Waals surface area contributed by atoms with E-state index in [4.69, 9.17) is 5.11 Å². The number of anilines is 1. The zero-order valence-corrected chi connectivity index (χ0v) is 11.0. The Kier molecular flexibility index (Phi) is 5.09. The minimum Gasteiger partial charge on any atom is -0.481 e. The third-order valence-electron chi connectivity index (χ3n) is 2.08. The van der Waals surface area contributed by atoms with Crippen LogP contribution in [0.1, 0.15) is 25.0 Å². The van der Waals surface area contributed by atoms with Crippen molar-refractivity contribution in [3.05, 3.63) is 22.3 Å². The number of carboxylic acid groups (broad SMARTS) is 1. The van der Waals surface area contributed by atoms with E-state index in [1.807, 2.05) is 6.92 Å². The largest absolute Gasteiger partial charge is 0.481 e. The van der Waals surface area contributed by atoms with Crippen molar-refractivity contribution in [2.45, 2.75) is 26.2 Å². The van der Waals surface area contributed by atoms with Crippen molar-refractivity contribution in [3.8, 4) is 0 Å². The monoisotopic (exact) mass is 300 g/mol. The molecule has 0 aliphatic rings. The third-order valence-corrected chi connectivity index (χ3v) is 2.92. The van der Waals surface area contributed by atoms with Crippen molar-refractivity contribution >= 4 is 33.6 Å². The average Bonchev–Trinajstić information content (AvgIpc) is 2.23. The summed E-state index contributed by atoms with van der Waals surface area (Å²) in [5.41, 5.74) is 0.785. The molecule has 6 heteroatoms. The van der Waals surface area contributed by atoms with Gasteiger partial charge in [-0.15, -0.1) is 0 Å². The van der Waals surface area contributed by atoms with E-state index < -0.39 is 5.97 Å². The second-order valence-electron chi connectivity index (χ2n) is 3.56. The number of aliphatic carboxylic acids is 1. The van der Waals surface area contributed by atoms with Gasteiger partial charge < -0.3 is 10.4 Å². The Hall–Kier alpha value is -1.43. The number of pyridine rings is 1. The number of nitrogens with one attached hydrogen (secondary N) is 1. The zero-order chi connectivity index (χ0) is 12.8. The SMILES string of the molecule is Cc1nc(NC(=O)CCCC(=O)O)ccc1Br. The van der Waals surface area contributed by atoms with Crippen LogP contribution in [-0.2, 0) is 9.59 Å². The van der Waals surface area contributed by atoms with Gasteiger partial charge in [0, 0.05) is 17.3 Å². The van der Waals surface area contributed by atoms with E-state index in [9.17, 15) is 9.59 Å². The van der Waals surface area contributed by atoms with Crippen LogP contribution in [0.15, 0.2) is 16.6 Å². The number of hydrogen-bond donors (Lipinski definition) is 2. The lowest BCUT2D eigenvalue weighted by Crippen LogP contribution is -2.13. The molecule has 92 valence electrons. The summed E-state index contributed by atoms with van der Waals surface area (Å²) in [6.07, 6.45) is 0.514. The van der Waals surface area contributed by atoms with Crippen LogP contribution >= 0.6 is 15.9 Å². The molecule has 17 heavy (non-hydrogen) atoms. The highest BCUT2D eigenvalue weighted by atomic mass is 79.9. The summed E-state index contributed by atoms with van der Waals surface area (Å²) in [6, 6.07) is 3.49. The number of carbonyl (C=O) groups excluding carboxylic acids is 1. The van der Waals surface area contributed by atoms with Crippen molar-refractivity contribution in [2.75, 3.05) is 5.32 Å². The van der Waals surface area contributed by atoms with Crippen LogP contribution < -0.4 is 5.32 Å². The first-order valence-corrected chi connectivity index (χ1v) is 5.93. The van der Waals surface area contributed by atoms with Gasteiger partial charge in [0.25, 0.3) is 0 Å². The van der Waals surface area contributed by atoms with Gasteiger partial charge in [0.15, 0.2) is 0 Å². The van der Waals surface area contributed by atoms with Gasteiger partial charge in [-0.3, -0.25) is 9.59 Å². The van der Waals surface area contributed by atoms with E-state index in [2.05, 4.69) is 26.2 Å². The maximum atomic E-state index is 11.4. The lowest BCUT2D eigenvalue weighted by Gasteiger charge is -2.05. The summed E-state index contributed by atoms with van der Waals surface area (Å²) < 4.78 is 0.876. The Bertz CT molecular complexity index is 435. The molecule has 1 aromatic rings. The quantitative estimate of drug-likeness (QED) is 0.875. The van der Waals surface area contributed by atoms with Gasteiger partial charge in [0.05, 0.1) is 5.69 Å². The van der Waals surface area contributed by atoms with Gasteiger partial charge in [0.1, 0.15) is 5.82 Å². The first-order valence-electron chi connectivity index (χ1n) is 5.14. The number of amides is 1. The summed E-state index contributed by atoms with van der Waals surface area (Å²) >= 11 is 3.31. The topological polar surface area (TPSA) is 79.3 Å². The van der Waals surface area contributed by atoms with Gasteiger partial charge in [-0.25, -0.2) is 4.98 Å². The molecule has 0 bridgehead atoms. The highest BCUT2D eigenvalue weighted by Crippen LogP contribution is 2.16. The zero-order valence-electron chi connectivity index (χ0n) is 9.36. The summed E-state index contributed by atoms with van der Waals surface area (Å²) in [6.45, 7) is 1.82. The Balaban J connectivity index is 2.45. The first-order chi connectivity index (χ1) is 7.99. The lowest BCUT2D eigenvalue weighted by atomic mass is 10.2. The normalized spacial score (nSPS) is 10.0. The standard InChI is InChI=1S/C11H13BrN2O3/c1-7-8(12)5-6-9(13-7)14-10(15)3-2-4-11(16)17/h5-6H,2-4H2,1H3,(H,16,17)(H,13,14,15). The molecule has 0 spiro atoms. The van der Waals surface area contributed by atoms with Gasteiger partial charge in [0.2, 0.25) is 5.91 Å². The molecule has 0 atom stereocenters. The van der Waals surface area contributed by atoms with Gasteiger partial charge in [-0.1, -0.05) is 0 Å². The van der Waals surface area contributed by atoms with E-state index in [1.165, 1.54) is 0 Å². The fraction of sp³-hybridized carbons (Fsp3) is 0.364. The summed E-state index contributed by atoms with van der Waals surface area (Å²) in [7, 11) is 0. The highest BCUT2D eigenvalue weighted by molar-refractivity contribution is 9.10. The van der Waals surface area contributed by atoms with Gasteiger partial charge >= 0.3 is 5.97 Å². The number of halogens is 1. The number of aryl methyl sites for hydroxylation is 1. The van der Waals surface area contributed by atoms with Crippen LogP contribution in [0.25, 0.3) is 0 Å². The van der Waals surface area contributed by atoms with Crippen LogP contribution in [0.2, 0.25) is 0 Å². The number of carboxylic acids is 1. The van der Waals surface area contributed by atoms with E-state index in [1.54, 1.807) is 12.1 Å². The number of aromatic nitrogens is 1. The maximum absolute atomic E-state index is 11.4. The Morgan fingerprint density at radius 2 is 2.12 bits per heavy atom. The molecule has 1 amide bonds. The summed E-state index contributed by atoms with van der Waals surface area (Å²) in [5, 5.41) is 11.1. The van der Waals surface area contributed by atoms with Crippen molar-refractivity contribution in [2.24, 2.45) is 0 Å². The predicted molar refractivity (Wildman–Crippen MR) is 66.8 cm³/mol. The summed E-state index contributed by atoms with van der Waals surface area (Å²) in [5.74, 6) is -0.637. The fourth-order valence-corrected chi connectivity index (χ4v) is 1.44. The molecule has 0 radical (unpaired) electrons. The average molecular weight is 301 g/mol. The van der Waals surface area contributed by atoms with Crippen molar-refractivity contribution in [1.82, 2.24) is 4.98 Å². The van der Waals surface area contributed by atoms with E-state index in [-0.39, 0.29) is 18.7 Å². The molecule has 0 saturated carbocycles. The smallest absolute Gasteiger partial charge is 0.303 e. The minimum absolute atomic E-state index is 0.000212. The molecule has 5 nitrogen and oxygen atoms in total. The van der Waals surface area contributed by atoms with Crippen LogP contribution in [0.4, 0.5) is 5.82 Å². The molecular formula is C11H13BrN2O3. The molecule has 1 heterocycles. The van der Waals surface area contributed by atoms with E-state index in [0.717, 1.165) is 10.2 Å². The molecule has 0 aliphatic heterocycles. The van der Waals surface area contributed by atoms with Crippen molar-refractivity contribution in [3.63, 3.8) is 0 Å². The second kappa shape index (κ2) is 6.34. The van der Waals surface area contributed by atoms with Gasteiger partial charge in [-0.2, -0.15) is 0 Å². The highest BCUT2D eigenvalue weighted by Gasteiger charge is 2.06. The molecule has 1 aromatic heterocycles. The maximum Gasteiger partial charge on any atom is 0.303 e. The van der Waals surface area contributed by atoms with Crippen LogP contribution in [0, 0.1) is 6.92 Å². The predicted octanol–water partition coefficient (Wildman–Crippen LogP) is 2.35.